The molecule has 15 heteroatoms. The fourth-order valence-corrected chi connectivity index (χ4v) is 12.2. The molecule has 0 spiro atoms. The molecule has 0 aliphatic heterocycles. The summed E-state index contributed by atoms with van der Waals surface area (Å²) in [6.07, 6.45) is 10.8. The third-order valence-electron chi connectivity index (χ3n) is 16.2. The summed E-state index contributed by atoms with van der Waals surface area (Å²) in [5.41, 5.74) is 27.6. The molecule has 14 rings (SSSR count). The second-order valence-corrected chi connectivity index (χ2v) is 22.1. The zero-order valence-corrected chi connectivity index (χ0v) is 47.2. The van der Waals surface area contributed by atoms with E-state index in [9.17, 15) is 10.2 Å². The number of nitrogens with two attached hydrogens (primary N) is 2. The molecular weight excluding hydrogens is 1160 g/mol. The first-order valence-corrected chi connectivity index (χ1v) is 27.6. The quantitative estimate of drug-likeness (QED) is 0.0845. The summed E-state index contributed by atoms with van der Waals surface area (Å²) >= 11 is 5.51. The first-order chi connectivity index (χ1) is 35.7. The minimum atomic E-state index is -0.580. The predicted octanol–water partition coefficient (Wildman–Crippen LogP) is 12.9. The van der Waals surface area contributed by atoms with Crippen molar-refractivity contribution in [1.82, 2.24) is 39.2 Å². The normalized spacial score (nSPS) is 22.6. The van der Waals surface area contributed by atoms with Crippen molar-refractivity contribution in [1.29, 1.82) is 0 Å². The van der Waals surface area contributed by atoms with Crippen molar-refractivity contribution in [2.75, 3.05) is 0 Å². The Bertz CT molecular complexity index is 3530. The fraction of sp³-hybridized carbons (Fsp3) is 0.295. The van der Waals surface area contributed by atoms with Gasteiger partial charge in [-0.2, -0.15) is 19.2 Å². The van der Waals surface area contributed by atoms with Crippen LogP contribution in [-0.4, -0.2) is 60.6 Å². The van der Waals surface area contributed by atoms with Crippen LogP contribution in [0.5, 0.6) is 0 Å². The summed E-state index contributed by atoms with van der Waals surface area (Å²) < 4.78 is 4.54. The monoisotopic (exact) mass is 1220 g/mol. The van der Waals surface area contributed by atoms with E-state index in [2.05, 4.69) is 121 Å². The van der Waals surface area contributed by atoms with E-state index in [1.807, 2.05) is 101 Å². The summed E-state index contributed by atoms with van der Waals surface area (Å²) in [4.78, 5) is 22.9. The Morgan fingerprint density at radius 3 is 1.34 bits per heavy atom. The van der Waals surface area contributed by atoms with Crippen LogP contribution in [0.2, 0.25) is 0 Å². The van der Waals surface area contributed by atoms with Gasteiger partial charge in [0, 0.05) is 80.6 Å². The van der Waals surface area contributed by atoms with E-state index in [0.717, 1.165) is 136 Å². The zero-order chi connectivity index (χ0) is 51.3. The Hall–Kier alpha value is -5.43. The Morgan fingerprint density at radius 2 is 0.934 bits per heavy atom. The van der Waals surface area contributed by atoms with E-state index in [1.54, 1.807) is 0 Å². The number of pyridine rings is 2. The van der Waals surface area contributed by atoms with Crippen LogP contribution < -0.4 is 11.5 Å². The number of benzene rings is 4. The maximum atomic E-state index is 10.8. The average Bonchev–Trinajstić information content (AvgIpc) is 4.37. The Morgan fingerprint density at radius 1 is 0.553 bits per heavy atom. The number of aliphatic hydroxyl groups is 2. The van der Waals surface area contributed by atoms with Crippen LogP contribution in [0, 0.1) is 37.5 Å². The van der Waals surface area contributed by atoms with E-state index in [1.165, 1.54) is 0 Å². The molecule has 4 aromatic carbocycles. The molecule has 0 atom stereocenters. The molecule has 12 nitrogen and oxygen atoms in total. The third kappa shape index (κ3) is 9.39. The smallest absolute Gasteiger partial charge is 0.172 e. The first kappa shape index (κ1) is 54.0. The number of halogens is 2. The van der Waals surface area contributed by atoms with Crippen molar-refractivity contribution in [3.8, 4) is 44.8 Å². The van der Waals surface area contributed by atoms with Crippen molar-refractivity contribution in [2.45, 2.75) is 102 Å². The van der Waals surface area contributed by atoms with Gasteiger partial charge in [-0.05, 0) is 134 Å². The van der Waals surface area contributed by atoms with Gasteiger partial charge < -0.3 is 44.3 Å². The van der Waals surface area contributed by atoms with E-state index in [0.29, 0.717) is 37.5 Å². The van der Waals surface area contributed by atoms with E-state index >= 15 is 0 Å². The Labute approximate surface area is 477 Å². The van der Waals surface area contributed by atoms with Crippen LogP contribution >= 0.6 is 38.5 Å². The van der Waals surface area contributed by atoms with Crippen molar-refractivity contribution < 1.29 is 28.8 Å². The molecule has 6 heterocycles. The molecule has 4 saturated carbocycles. The van der Waals surface area contributed by atoms with Gasteiger partial charge in [0.05, 0.1) is 38.5 Å². The largest absolute Gasteiger partial charge is 0.389 e. The second-order valence-electron chi connectivity index (χ2n) is 21.4. The molecule has 0 saturated heterocycles. The summed E-state index contributed by atoms with van der Waals surface area (Å²) in [5, 5.41) is 33.0. The molecule has 6 N–H and O–H groups in total. The number of hydrogen-bond donors (Lipinski definition) is 4. The zero-order valence-electron chi connectivity index (χ0n) is 42.1. The molecule has 387 valence electrons. The average molecular weight is 1220 g/mol. The molecular formula is C61H61BrIN10O2V-. The van der Waals surface area contributed by atoms with Gasteiger partial charge in [-0.15, -0.1) is 0 Å². The van der Waals surface area contributed by atoms with Gasteiger partial charge in [0.25, 0.3) is 0 Å². The first-order valence-electron chi connectivity index (χ1n) is 25.3. The van der Waals surface area contributed by atoms with Gasteiger partial charge in [-0.25, -0.2) is 19.9 Å². The maximum absolute atomic E-state index is 10.8. The van der Waals surface area contributed by atoms with Gasteiger partial charge in [-0.1, -0.05) is 117 Å². The molecule has 10 aromatic rings. The molecule has 76 heavy (non-hydrogen) atoms. The number of aryl methyl sites for hydroxylation is 3. The second kappa shape index (κ2) is 20.4. The number of nitrogens with zero attached hydrogens (tertiary/aromatic N) is 8. The van der Waals surface area contributed by atoms with E-state index in [4.69, 9.17) is 26.5 Å². The predicted molar refractivity (Wildman–Crippen MR) is 312 cm³/mol. The van der Waals surface area contributed by atoms with Gasteiger partial charge in [-0.3, -0.25) is 4.93 Å². The van der Waals surface area contributed by atoms with Crippen LogP contribution in [-0.2, 0) is 29.6 Å². The maximum Gasteiger partial charge on any atom is 0.172 e. The van der Waals surface area contributed by atoms with E-state index < -0.39 is 22.3 Å². The molecule has 4 aliphatic rings. The van der Waals surface area contributed by atoms with Gasteiger partial charge in [0.2, 0.25) is 0 Å². The van der Waals surface area contributed by atoms with Crippen LogP contribution in [0.3, 0.4) is 0 Å². The number of rotatable bonds is 8. The van der Waals surface area contributed by atoms with Crippen molar-refractivity contribution in [3.05, 3.63) is 171 Å². The number of aromatic nitrogens is 8. The number of hydrogen-bond acceptors (Lipinski definition) is 10. The molecule has 4 aliphatic carbocycles. The Balaban J connectivity index is 0.000000163. The van der Waals surface area contributed by atoms with Crippen molar-refractivity contribution >= 4 is 71.9 Å². The van der Waals surface area contributed by atoms with E-state index in [-0.39, 0.29) is 26.0 Å². The molecule has 0 amide bonds. The molecule has 4 fully saturated rings. The molecule has 0 unspecified atom stereocenters. The van der Waals surface area contributed by atoms with Crippen LogP contribution in [0.25, 0.3) is 78.1 Å². The minimum absolute atomic E-state index is 0. The fourth-order valence-electron chi connectivity index (χ4n) is 11.8. The van der Waals surface area contributed by atoms with Crippen LogP contribution in [0.4, 0.5) is 0 Å². The summed E-state index contributed by atoms with van der Waals surface area (Å²) in [5.74, 6) is 0.866. The van der Waals surface area contributed by atoms with Crippen molar-refractivity contribution in [2.24, 2.45) is 23.3 Å². The van der Waals surface area contributed by atoms with Crippen LogP contribution in [0.15, 0.2) is 138 Å². The topological polar surface area (TPSA) is 179 Å². The van der Waals surface area contributed by atoms with Gasteiger partial charge in [0.1, 0.15) is 0 Å². The molecule has 6 aromatic heterocycles. The van der Waals surface area contributed by atoms with Crippen molar-refractivity contribution in [3.63, 3.8) is 0 Å². The Kier molecular flexibility index (Phi) is 14.5. The summed E-state index contributed by atoms with van der Waals surface area (Å²) in [6.45, 7) is 6.00. The summed E-state index contributed by atoms with van der Waals surface area (Å²) in [6, 6.07) is 41.7. The number of fused-ring (bicyclic) bond motifs is 6. The van der Waals surface area contributed by atoms with Crippen LogP contribution in [0.1, 0.15) is 86.9 Å². The standard InChI is InChI=1S/C30H29N5O.C29H26BrN5O.CH2I.CH4.V/c1-18-19(2)34-35-27(18)32-15-22-14-25(20-6-4-3-5-7-20)26(33-28(22)35)21-8-10-23(11-9-21)29(31)16-30(36,17-29)24-12-13-24;1-17-24(30)27-32-14-20-13-23(18-5-3-2-4-6-18)25(33-26(20)35(27)34-17)19-7-9-21(10-8-19)28(31)15-29(36,16-28)22-11-12-22;1-2;;/h3-11,14-15,24,36H,12-13,16-17,31H2,1-2H3;2-10,13-14,22,36H,11-12,15-16,31H2,1H3;1H2;1H4;/q;;-1;;. The minimum Gasteiger partial charge on any atom is -0.389 e. The third-order valence-corrected chi connectivity index (χ3v) is 17.1. The van der Waals surface area contributed by atoms with Gasteiger partial charge in [0.15, 0.2) is 22.6 Å². The SMILES string of the molecule is C.Cc1nn2c(ncc3cc(-c4ccccc4)c(-c4ccc(C5(N)CC(O)(C6CC6)C5)cc4)nc32)c1Br.Cc1nn2c(ncc3cc(-c4ccccc4)c(-c4ccc(C5(N)CC(O)(C6CC6)C5)cc4)nc32)c1C.[CH2-]I.[V]. The van der Waals surface area contributed by atoms with Gasteiger partial charge >= 0.3 is 0 Å². The molecule has 1 radical (unpaired) electrons. The summed E-state index contributed by atoms with van der Waals surface area (Å²) in [7, 11) is 0. The molecule has 0 bridgehead atoms.